The SMILES string of the molecule is CCC1(C)NC(=O)CN(C2(C)CCC2)C1=O. The van der Waals surface area contributed by atoms with Crippen LogP contribution in [0.25, 0.3) is 0 Å². The fourth-order valence-electron chi connectivity index (χ4n) is 2.55. The number of hydrogen-bond donors (Lipinski definition) is 1. The third kappa shape index (κ3) is 1.51. The van der Waals surface area contributed by atoms with E-state index in [0.29, 0.717) is 6.42 Å². The van der Waals surface area contributed by atoms with Gasteiger partial charge in [0.05, 0.1) is 0 Å². The molecular weight excluding hydrogens is 204 g/mol. The van der Waals surface area contributed by atoms with E-state index in [4.69, 9.17) is 0 Å². The average molecular weight is 224 g/mol. The van der Waals surface area contributed by atoms with Crippen LogP contribution >= 0.6 is 0 Å². The lowest BCUT2D eigenvalue weighted by molar-refractivity contribution is -0.159. The predicted molar refractivity (Wildman–Crippen MR) is 60.8 cm³/mol. The minimum Gasteiger partial charge on any atom is -0.340 e. The smallest absolute Gasteiger partial charge is 0.248 e. The fourth-order valence-corrected chi connectivity index (χ4v) is 2.55. The Morgan fingerprint density at radius 3 is 2.38 bits per heavy atom. The first-order valence-corrected chi connectivity index (χ1v) is 6.04. The van der Waals surface area contributed by atoms with Gasteiger partial charge in [0.25, 0.3) is 0 Å². The van der Waals surface area contributed by atoms with Gasteiger partial charge in [-0.2, -0.15) is 0 Å². The van der Waals surface area contributed by atoms with Crippen LogP contribution in [0.1, 0.15) is 46.5 Å². The second-order valence-electron chi connectivity index (χ2n) is 5.48. The molecule has 1 aliphatic carbocycles. The maximum Gasteiger partial charge on any atom is 0.248 e. The van der Waals surface area contributed by atoms with Gasteiger partial charge in [0.1, 0.15) is 12.1 Å². The molecule has 1 atom stereocenters. The summed E-state index contributed by atoms with van der Waals surface area (Å²) in [6, 6.07) is 0. The van der Waals surface area contributed by atoms with Crippen molar-refractivity contribution >= 4 is 11.8 Å². The van der Waals surface area contributed by atoms with Gasteiger partial charge in [0.15, 0.2) is 0 Å². The number of nitrogens with one attached hydrogen (secondary N) is 1. The van der Waals surface area contributed by atoms with E-state index in [2.05, 4.69) is 12.2 Å². The summed E-state index contributed by atoms with van der Waals surface area (Å²) in [6.07, 6.45) is 3.84. The summed E-state index contributed by atoms with van der Waals surface area (Å²) in [7, 11) is 0. The molecule has 0 aromatic heterocycles. The van der Waals surface area contributed by atoms with Crippen LogP contribution in [-0.2, 0) is 9.59 Å². The first kappa shape index (κ1) is 11.4. The van der Waals surface area contributed by atoms with Gasteiger partial charge < -0.3 is 10.2 Å². The zero-order valence-corrected chi connectivity index (χ0v) is 10.3. The van der Waals surface area contributed by atoms with Crippen LogP contribution in [-0.4, -0.2) is 34.3 Å². The molecule has 2 fully saturated rings. The van der Waals surface area contributed by atoms with Gasteiger partial charge in [-0.1, -0.05) is 6.92 Å². The summed E-state index contributed by atoms with van der Waals surface area (Å²) < 4.78 is 0. The van der Waals surface area contributed by atoms with Crippen molar-refractivity contribution in [2.75, 3.05) is 6.54 Å². The van der Waals surface area contributed by atoms with Gasteiger partial charge in [0.2, 0.25) is 11.8 Å². The third-order valence-electron chi connectivity index (χ3n) is 4.22. The summed E-state index contributed by atoms with van der Waals surface area (Å²) >= 11 is 0. The lowest BCUT2D eigenvalue weighted by Gasteiger charge is -2.52. The molecule has 2 rings (SSSR count). The first-order chi connectivity index (χ1) is 7.41. The van der Waals surface area contributed by atoms with E-state index in [1.54, 1.807) is 4.90 Å². The van der Waals surface area contributed by atoms with Crippen LogP contribution in [0.4, 0.5) is 0 Å². The highest BCUT2D eigenvalue weighted by Gasteiger charge is 2.49. The second kappa shape index (κ2) is 3.47. The standard InChI is InChI=1S/C12H20N2O2/c1-4-12(3)10(16)14(8-9(15)13-12)11(2)6-5-7-11/h4-8H2,1-3H3,(H,13,15). The number of carbonyl (C=O) groups is 2. The summed E-state index contributed by atoms with van der Waals surface area (Å²) in [6.45, 7) is 6.07. The molecule has 0 radical (unpaired) electrons. The topological polar surface area (TPSA) is 49.4 Å². The molecule has 1 unspecified atom stereocenters. The van der Waals surface area contributed by atoms with Crippen LogP contribution < -0.4 is 5.32 Å². The molecule has 90 valence electrons. The highest BCUT2D eigenvalue weighted by molar-refractivity contribution is 5.98. The maximum absolute atomic E-state index is 12.4. The monoisotopic (exact) mass is 224 g/mol. The number of hydrogen-bond acceptors (Lipinski definition) is 2. The zero-order valence-electron chi connectivity index (χ0n) is 10.3. The number of piperazine rings is 1. The summed E-state index contributed by atoms with van der Waals surface area (Å²) in [5.41, 5.74) is -0.779. The summed E-state index contributed by atoms with van der Waals surface area (Å²) in [4.78, 5) is 25.8. The molecule has 1 aliphatic heterocycles. The molecule has 1 saturated heterocycles. The van der Waals surface area contributed by atoms with Crippen molar-refractivity contribution in [2.45, 2.75) is 57.5 Å². The van der Waals surface area contributed by atoms with Crippen molar-refractivity contribution in [1.82, 2.24) is 10.2 Å². The molecule has 0 aromatic carbocycles. The Bertz CT molecular complexity index is 336. The lowest BCUT2D eigenvalue weighted by Crippen LogP contribution is -2.70. The molecule has 1 saturated carbocycles. The number of nitrogens with zero attached hydrogens (tertiary/aromatic N) is 1. The van der Waals surface area contributed by atoms with Crippen molar-refractivity contribution in [3.8, 4) is 0 Å². The Labute approximate surface area is 96.4 Å². The Kier molecular flexibility index (Phi) is 2.48. The van der Waals surface area contributed by atoms with Crippen LogP contribution in [0, 0.1) is 0 Å². The van der Waals surface area contributed by atoms with Crippen molar-refractivity contribution in [3.63, 3.8) is 0 Å². The van der Waals surface area contributed by atoms with E-state index >= 15 is 0 Å². The van der Waals surface area contributed by atoms with Crippen molar-refractivity contribution in [2.24, 2.45) is 0 Å². The quantitative estimate of drug-likeness (QED) is 0.762. The normalized spacial score (nSPS) is 33.3. The van der Waals surface area contributed by atoms with E-state index in [0.717, 1.165) is 19.3 Å². The molecule has 1 heterocycles. The van der Waals surface area contributed by atoms with Crippen molar-refractivity contribution in [1.29, 1.82) is 0 Å². The van der Waals surface area contributed by atoms with Gasteiger partial charge in [0, 0.05) is 5.54 Å². The minimum absolute atomic E-state index is 0.0305. The van der Waals surface area contributed by atoms with Crippen molar-refractivity contribution in [3.05, 3.63) is 0 Å². The van der Waals surface area contributed by atoms with Crippen LogP contribution in [0.15, 0.2) is 0 Å². The summed E-state index contributed by atoms with van der Waals surface area (Å²) in [5, 5.41) is 2.81. The van der Waals surface area contributed by atoms with Crippen LogP contribution in [0.5, 0.6) is 0 Å². The maximum atomic E-state index is 12.4. The summed E-state index contributed by atoms with van der Waals surface area (Å²) in [5.74, 6) is 0.0499. The van der Waals surface area contributed by atoms with Gasteiger partial charge in [-0.25, -0.2) is 0 Å². The lowest BCUT2D eigenvalue weighted by atomic mass is 9.75. The Morgan fingerprint density at radius 1 is 1.31 bits per heavy atom. The Hall–Kier alpha value is -1.06. The molecule has 0 bridgehead atoms. The van der Waals surface area contributed by atoms with Crippen LogP contribution in [0.2, 0.25) is 0 Å². The third-order valence-corrected chi connectivity index (χ3v) is 4.22. The van der Waals surface area contributed by atoms with Crippen molar-refractivity contribution < 1.29 is 9.59 Å². The first-order valence-electron chi connectivity index (χ1n) is 6.04. The molecule has 2 aliphatic rings. The van der Waals surface area contributed by atoms with Crippen LogP contribution in [0.3, 0.4) is 0 Å². The highest BCUT2D eigenvalue weighted by atomic mass is 16.2. The van der Waals surface area contributed by atoms with Gasteiger partial charge in [-0.05, 0) is 39.5 Å². The van der Waals surface area contributed by atoms with Gasteiger partial charge in [-0.3, -0.25) is 9.59 Å². The zero-order chi connectivity index (χ0) is 12.0. The van der Waals surface area contributed by atoms with E-state index in [1.807, 2.05) is 13.8 Å². The number of carbonyl (C=O) groups excluding carboxylic acids is 2. The molecule has 2 amide bonds. The largest absolute Gasteiger partial charge is 0.340 e. The molecular formula is C12H20N2O2. The Balaban J connectivity index is 2.25. The molecule has 16 heavy (non-hydrogen) atoms. The van der Waals surface area contributed by atoms with E-state index in [-0.39, 0.29) is 23.9 Å². The molecule has 1 N–H and O–H groups in total. The molecule has 4 nitrogen and oxygen atoms in total. The number of amides is 2. The van der Waals surface area contributed by atoms with Gasteiger partial charge >= 0.3 is 0 Å². The Morgan fingerprint density at radius 2 is 1.94 bits per heavy atom. The van der Waals surface area contributed by atoms with Gasteiger partial charge in [-0.15, -0.1) is 0 Å². The minimum atomic E-state index is -0.700. The molecule has 0 aromatic rings. The molecule has 0 spiro atoms. The fraction of sp³-hybridized carbons (Fsp3) is 0.833. The van der Waals surface area contributed by atoms with E-state index in [1.165, 1.54) is 0 Å². The second-order valence-corrected chi connectivity index (χ2v) is 5.48. The highest BCUT2D eigenvalue weighted by Crippen LogP contribution is 2.39. The number of rotatable bonds is 2. The average Bonchev–Trinajstić information content (AvgIpc) is 2.20. The predicted octanol–water partition coefficient (Wildman–Crippen LogP) is 1.06. The van der Waals surface area contributed by atoms with E-state index < -0.39 is 5.54 Å². The van der Waals surface area contributed by atoms with E-state index in [9.17, 15) is 9.59 Å². The molecule has 4 heteroatoms.